The monoisotopic (exact) mass is 409 g/mol. The van der Waals surface area contributed by atoms with Crippen LogP contribution in [0.5, 0.6) is 0 Å². The van der Waals surface area contributed by atoms with Gasteiger partial charge in [-0.15, -0.1) is 0 Å². The standard InChI is InChI=1S/C19H12ClF4N3O/c1-10-3-2-4-14(21)17(10)18(28)27-16-9-25-15(8-26-16)12-7-11(19(22,23)24)5-6-13(12)20/h2-9H,1H3,(H,26,27,28). The van der Waals surface area contributed by atoms with E-state index in [1.807, 2.05) is 0 Å². The predicted molar refractivity (Wildman–Crippen MR) is 96.6 cm³/mol. The Morgan fingerprint density at radius 3 is 2.46 bits per heavy atom. The Labute approximate surface area is 162 Å². The Morgan fingerprint density at radius 1 is 1.11 bits per heavy atom. The second-order valence-corrected chi connectivity index (χ2v) is 6.27. The number of hydrogen-bond donors (Lipinski definition) is 1. The highest BCUT2D eigenvalue weighted by Gasteiger charge is 2.31. The van der Waals surface area contributed by atoms with Gasteiger partial charge in [-0.3, -0.25) is 9.78 Å². The van der Waals surface area contributed by atoms with Gasteiger partial charge >= 0.3 is 6.18 Å². The van der Waals surface area contributed by atoms with E-state index in [4.69, 9.17) is 11.6 Å². The normalized spacial score (nSPS) is 11.4. The maximum atomic E-state index is 13.9. The Kier molecular flexibility index (Phi) is 5.33. The van der Waals surface area contributed by atoms with Crippen molar-refractivity contribution in [3.63, 3.8) is 0 Å². The molecule has 9 heteroatoms. The number of nitrogens with one attached hydrogen (secondary N) is 1. The lowest BCUT2D eigenvalue weighted by atomic mass is 10.1. The van der Waals surface area contributed by atoms with Gasteiger partial charge in [-0.25, -0.2) is 9.37 Å². The number of nitrogens with zero attached hydrogens (tertiary/aromatic N) is 2. The number of halogens is 5. The first-order valence-corrected chi connectivity index (χ1v) is 8.30. The molecule has 0 spiro atoms. The first kappa shape index (κ1) is 19.8. The van der Waals surface area contributed by atoms with E-state index < -0.39 is 23.5 Å². The summed E-state index contributed by atoms with van der Waals surface area (Å²) in [5, 5.41) is 2.47. The maximum Gasteiger partial charge on any atom is 0.416 e. The van der Waals surface area contributed by atoms with E-state index in [0.29, 0.717) is 5.56 Å². The minimum atomic E-state index is -4.53. The first-order chi connectivity index (χ1) is 13.2. The number of carbonyl (C=O) groups excluding carboxylic acids is 1. The number of benzene rings is 2. The second kappa shape index (κ2) is 7.55. The van der Waals surface area contributed by atoms with Crippen molar-refractivity contribution in [3.05, 3.63) is 76.3 Å². The van der Waals surface area contributed by atoms with E-state index in [1.54, 1.807) is 13.0 Å². The van der Waals surface area contributed by atoms with Crippen LogP contribution in [0.2, 0.25) is 5.02 Å². The molecule has 3 aromatic rings. The minimum Gasteiger partial charge on any atom is -0.305 e. The number of carbonyl (C=O) groups is 1. The van der Waals surface area contributed by atoms with Gasteiger partial charge in [0, 0.05) is 5.56 Å². The lowest BCUT2D eigenvalue weighted by molar-refractivity contribution is -0.137. The number of hydrogen-bond acceptors (Lipinski definition) is 3. The molecule has 1 N–H and O–H groups in total. The van der Waals surface area contributed by atoms with Crippen LogP contribution in [0.15, 0.2) is 48.8 Å². The second-order valence-electron chi connectivity index (χ2n) is 5.87. The topological polar surface area (TPSA) is 54.9 Å². The molecule has 28 heavy (non-hydrogen) atoms. The van der Waals surface area contributed by atoms with Gasteiger partial charge in [-0.05, 0) is 36.8 Å². The van der Waals surface area contributed by atoms with Gasteiger partial charge in [-0.2, -0.15) is 13.2 Å². The highest BCUT2D eigenvalue weighted by molar-refractivity contribution is 6.33. The van der Waals surface area contributed by atoms with Crippen LogP contribution < -0.4 is 5.32 Å². The fraction of sp³-hybridized carbons (Fsp3) is 0.105. The molecule has 0 saturated heterocycles. The van der Waals surface area contributed by atoms with Gasteiger partial charge in [0.2, 0.25) is 0 Å². The van der Waals surface area contributed by atoms with Crippen molar-refractivity contribution in [2.75, 3.05) is 5.32 Å². The van der Waals surface area contributed by atoms with Crippen molar-refractivity contribution in [2.45, 2.75) is 13.1 Å². The molecule has 0 unspecified atom stereocenters. The quantitative estimate of drug-likeness (QED) is 0.580. The fourth-order valence-electron chi connectivity index (χ4n) is 2.53. The molecule has 0 aliphatic heterocycles. The van der Waals surface area contributed by atoms with E-state index in [1.165, 1.54) is 12.3 Å². The molecule has 0 radical (unpaired) electrons. The Balaban J connectivity index is 1.86. The van der Waals surface area contributed by atoms with Crippen LogP contribution >= 0.6 is 11.6 Å². The van der Waals surface area contributed by atoms with Crippen LogP contribution in [-0.4, -0.2) is 15.9 Å². The molecule has 1 aromatic heterocycles. The molecule has 1 amide bonds. The van der Waals surface area contributed by atoms with Gasteiger partial charge in [0.25, 0.3) is 5.91 Å². The summed E-state index contributed by atoms with van der Waals surface area (Å²) in [5.74, 6) is -1.38. The zero-order chi connectivity index (χ0) is 20.5. The molecule has 1 heterocycles. The number of rotatable bonds is 3. The number of amides is 1. The Morgan fingerprint density at radius 2 is 1.86 bits per heavy atom. The summed E-state index contributed by atoms with van der Waals surface area (Å²) in [4.78, 5) is 20.2. The van der Waals surface area contributed by atoms with E-state index in [0.717, 1.165) is 30.5 Å². The molecule has 0 aliphatic rings. The number of anilines is 1. The molecule has 0 saturated carbocycles. The predicted octanol–water partition coefficient (Wildman–Crippen LogP) is 5.52. The first-order valence-electron chi connectivity index (χ1n) is 7.92. The van der Waals surface area contributed by atoms with Crippen molar-refractivity contribution in [1.29, 1.82) is 0 Å². The third-order valence-electron chi connectivity index (χ3n) is 3.91. The third kappa shape index (κ3) is 4.12. The highest BCUT2D eigenvalue weighted by atomic mass is 35.5. The smallest absolute Gasteiger partial charge is 0.305 e. The van der Waals surface area contributed by atoms with Crippen LogP contribution in [0.1, 0.15) is 21.5 Å². The van der Waals surface area contributed by atoms with Crippen LogP contribution in [0.4, 0.5) is 23.4 Å². The molecule has 144 valence electrons. The van der Waals surface area contributed by atoms with Crippen LogP contribution in [0, 0.1) is 12.7 Å². The van der Waals surface area contributed by atoms with Crippen molar-refractivity contribution in [3.8, 4) is 11.3 Å². The van der Waals surface area contributed by atoms with Crippen molar-refractivity contribution < 1.29 is 22.4 Å². The van der Waals surface area contributed by atoms with E-state index in [-0.39, 0.29) is 27.7 Å². The van der Waals surface area contributed by atoms with E-state index >= 15 is 0 Å². The molecule has 0 fully saturated rings. The molecule has 0 aliphatic carbocycles. The van der Waals surface area contributed by atoms with Crippen LogP contribution in [0.25, 0.3) is 11.3 Å². The molecule has 0 bridgehead atoms. The largest absolute Gasteiger partial charge is 0.416 e. The number of aryl methyl sites for hydroxylation is 1. The molecule has 0 atom stereocenters. The summed E-state index contributed by atoms with van der Waals surface area (Å²) in [6.07, 6.45) is -2.20. The molecular weight excluding hydrogens is 398 g/mol. The zero-order valence-corrected chi connectivity index (χ0v) is 15.1. The van der Waals surface area contributed by atoms with Gasteiger partial charge in [0.1, 0.15) is 5.82 Å². The molecule has 4 nitrogen and oxygen atoms in total. The number of aromatic nitrogens is 2. The van der Waals surface area contributed by atoms with E-state index in [9.17, 15) is 22.4 Å². The van der Waals surface area contributed by atoms with Gasteiger partial charge in [-0.1, -0.05) is 23.7 Å². The Bertz CT molecular complexity index is 1020. The molecule has 3 rings (SSSR count). The zero-order valence-electron chi connectivity index (χ0n) is 14.3. The summed E-state index contributed by atoms with van der Waals surface area (Å²) in [7, 11) is 0. The Hall–Kier alpha value is -3.00. The van der Waals surface area contributed by atoms with Gasteiger partial charge < -0.3 is 5.32 Å². The average molecular weight is 410 g/mol. The minimum absolute atomic E-state index is 0.0134. The fourth-order valence-corrected chi connectivity index (χ4v) is 2.74. The summed E-state index contributed by atoms with van der Waals surface area (Å²) in [5.41, 5.74) is -0.420. The molecular formula is C19H12ClF4N3O. The third-order valence-corrected chi connectivity index (χ3v) is 4.24. The van der Waals surface area contributed by atoms with Gasteiger partial charge in [0.15, 0.2) is 5.82 Å². The average Bonchev–Trinajstić information content (AvgIpc) is 2.62. The summed E-state index contributed by atoms with van der Waals surface area (Å²) in [6.45, 7) is 1.59. The SMILES string of the molecule is Cc1cccc(F)c1C(=O)Nc1cnc(-c2cc(C(F)(F)F)ccc2Cl)cn1. The van der Waals surface area contributed by atoms with Gasteiger partial charge in [0.05, 0.1) is 34.2 Å². The maximum absolute atomic E-state index is 13.9. The van der Waals surface area contributed by atoms with Crippen molar-refractivity contribution in [1.82, 2.24) is 9.97 Å². The lowest BCUT2D eigenvalue weighted by Gasteiger charge is -2.11. The number of alkyl halides is 3. The lowest BCUT2D eigenvalue weighted by Crippen LogP contribution is -2.16. The van der Waals surface area contributed by atoms with E-state index in [2.05, 4.69) is 15.3 Å². The summed E-state index contributed by atoms with van der Waals surface area (Å²) in [6, 6.07) is 7.08. The van der Waals surface area contributed by atoms with Crippen LogP contribution in [-0.2, 0) is 6.18 Å². The van der Waals surface area contributed by atoms with Crippen molar-refractivity contribution >= 4 is 23.3 Å². The van der Waals surface area contributed by atoms with Crippen molar-refractivity contribution in [2.24, 2.45) is 0 Å². The highest BCUT2D eigenvalue weighted by Crippen LogP contribution is 2.35. The summed E-state index contributed by atoms with van der Waals surface area (Å²) < 4.78 is 52.5. The summed E-state index contributed by atoms with van der Waals surface area (Å²) >= 11 is 5.97. The molecule has 2 aromatic carbocycles. The van der Waals surface area contributed by atoms with Crippen LogP contribution in [0.3, 0.4) is 0 Å².